The van der Waals surface area contributed by atoms with Gasteiger partial charge in [-0.15, -0.1) is 12.4 Å². The highest BCUT2D eigenvalue weighted by Crippen LogP contribution is 2.31. The van der Waals surface area contributed by atoms with E-state index in [1.165, 1.54) is 0 Å². The molecule has 3 aromatic rings. The molecule has 1 amide bonds. The van der Waals surface area contributed by atoms with E-state index in [0.717, 1.165) is 29.1 Å². The van der Waals surface area contributed by atoms with Gasteiger partial charge in [-0.3, -0.25) is 4.79 Å². The molecule has 2 heterocycles. The number of aromatic nitrogens is 2. The molecule has 30 heavy (non-hydrogen) atoms. The van der Waals surface area contributed by atoms with E-state index in [0.29, 0.717) is 25.3 Å². The monoisotopic (exact) mass is 426 g/mol. The standard InChI is InChI=1S/C23H26N4O2.ClH/c1-23(15-24)12-13-26(16-23)22(28)20-14-21(17-8-10-19(29-2)11-9-17)27(25-20)18-6-4-3-5-7-18;/h3-11,14H,12-13,15-16,24H2,1-2H3;1H. The summed E-state index contributed by atoms with van der Waals surface area (Å²) in [6, 6.07) is 19.5. The molecule has 0 bridgehead atoms. The van der Waals surface area contributed by atoms with Crippen LogP contribution in [0.2, 0.25) is 0 Å². The average molecular weight is 427 g/mol. The molecule has 1 saturated heterocycles. The van der Waals surface area contributed by atoms with Crippen LogP contribution in [-0.2, 0) is 0 Å². The Hall–Kier alpha value is -2.83. The van der Waals surface area contributed by atoms with Crippen molar-refractivity contribution in [1.29, 1.82) is 0 Å². The fourth-order valence-corrected chi connectivity index (χ4v) is 3.74. The lowest BCUT2D eigenvalue weighted by Crippen LogP contribution is -2.34. The van der Waals surface area contributed by atoms with Crippen LogP contribution in [-0.4, -0.2) is 47.3 Å². The number of benzene rings is 2. The largest absolute Gasteiger partial charge is 0.497 e. The van der Waals surface area contributed by atoms with Gasteiger partial charge >= 0.3 is 0 Å². The van der Waals surface area contributed by atoms with Gasteiger partial charge in [0, 0.05) is 18.7 Å². The summed E-state index contributed by atoms with van der Waals surface area (Å²) in [4.78, 5) is 15.0. The number of ether oxygens (including phenoxy) is 1. The lowest BCUT2D eigenvalue weighted by atomic mass is 9.90. The quantitative estimate of drug-likeness (QED) is 0.673. The van der Waals surface area contributed by atoms with Gasteiger partial charge < -0.3 is 15.4 Å². The number of rotatable bonds is 5. The number of methoxy groups -OCH3 is 1. The Morgan fingerprint density at radius 2 is 1.87 bits per heavy atom. The van der Waals surface area contributed by atoms with Crippen LogP contribution in [0.5, 0.6) is 5.75 Å². The zero-order valence-electron chi connectivity index (χ0n) is 17.2. The zero-order chi connectivity index (χ0) is 20.4. The molecule has 1 aliphatic heterocycles. The van der Waals surface area contributed by atoms with Gasteiger partial charge in [0.2, 0.25) is 0 Å². The van der Waals surface area contributed by atoms with Crippen molar-refractivity contribution >= 4 is 18.3 Å². The van der Waals surface area contributed by atoms with Crippen molar-refractivity contribution in [2.75, 3.05) is 26.7 Å². The number of para-hydroxylation sites is 1. The molecule has 1 fully saturated rings. The zero-order valence-corrected chi connectivity index (χ0v) is 18.1. The number of amides is 1. The Balaban J connectivity index is 0.00000256. The number of nitrogens with two attached hydrogens (primary N) is 1. The molecule has 4 rings (SSSR count). The van der Waals surface area contributed by atoms with E-state index in [4.69, 9.17) is 10.5 Å². The molecule has 0 saturated carbocycles. The Bertz CT molecular complexity index is 1000. The highest BCUT2D eigenvalue weighted by atomic mass is 35.5. The van der Waals surface area contributed by atoms with Gasteiger partial charge in [-0.05, 0) is 60.8 Å². The number of halogens is 1. The average Bonchev–Trinajstić information content (AvgIpc) is 3.39. The van der Waals surface area contributed by atoms with Crippen LogP contribution in [0.25, 0.3) is 16.9 Å². The van der Waals surface area contributed by atoms with Crippen molar-refractivity contribution < 1.29 is 9.53 Å². The first kappa shape index (κ1) is 21.9. The van der Waals surface area contributed by atoms with Gasteiger partial charge in [0.05, 0.1) is 18.5 Å². The molecule has 1 aliphatic rings. The lowest BCUT2D eigenvalue weighted by molar-refractivity contribution is 0.0770. The molecular weight excluding hydrogens is 400 g/mol. The van der Waals surface area contributed by atoms with Crippen LogP contribution in [0.15, 0.2) is 60.7 Å². The van der Waals surface area contributed by atoms with Crippen molar-refractivity contribution in [3.63, 3.8) is 0 Å². The molecule has 7 heteroatoms. The number of hydrogen-bond donors (Lipinski definition) is 1. The molecule has 0 spiro atoms. The first-order valence-corrected chi connectivity index (χ1v) is 9.82. The molecule has 6 nitrogen and oxygen atoms in total. The third-order valence-corrected chi connectivity index (χ3v) is 5.65. The first-order chi connectivity index (χ1) is 14.0. The highest BCUT2D eigenvalue weighted by Gasteiger charge is 2.36. The summed E-state index contributed by atoms with van der Waals surface area (Å²) < 4.78 is 7.09. The van der Waals surface area contributed by atoms with Crippen LogP contribution >= 0.6 is 12.4 Å². The third-order valence-electron chi connectivity index (χ3n) is 5.65. The second kappa shape index (κ2) is 8.90. The second-order valence-corrected chi connectivity index (χ2v) is 7.88. The van der Waals surface area contributed by atoms with Crippen LogP contribution in [0.3, 0.4) is 0 Å². The van der Waals surface area contributed by atoms with E-state index < -0.39 is 0 Å². The van der Waals surface area contributed by atoms with E-state index >= 15 is 0 Å². The van der Waals surface area contributed by atoms with E-state index in [1.807, 2.05) is 70.2 Å². The van der Waals surface area contributed by atoms with Gasteiger partial charge in [0.1, 0.15) is 5.75 Å². The van der Waals surface area contributed by atoms with E-state index in [-0.39, 0.29) is 23.7 Å². The van der Waals surface area contributed by atoms with Crippen molar-refractivity contribution in [3.8, 4) is 22.7 Å². The smallest absolute Gasteiger partial charge is 0.274 e. The number of likely N-dealkylation sites (tertiary alicyclic amines) is 1. The summed E-state index contributed by atoms with van der Waals surface area (Å²) in [7, 11) is 1.64. The Labute approximate surface area is 183 Å². The Morgan fingerprint density at radius 3 is 2.47 bits per heavy atom. The third kappa shape index (κ3) is 4.20. The molecule has 1 aromatic heterocycles. The topological polar surface area (TPSA) is 73.4 Å². The second-order valence-electron chi connectivity index (χ2n) is 7.88. The summed E-state index contributed by atoms with van der Waals surface area (Å²) in [6.07, 6.45) is 0.917. The number of carbonyl (C=O) groups excluding carboxylic acids is 1. The molecule has 158 valence electrons. The number of carbonyl (C=O) groups is 1. The first-order valence-electron chi connectivity index (χ1n) is 9.82. The highest BCUT2D eigenvalue weighted by molar-refractivity contribution is 5.94. The normalized spacial score (nSPS) is 18.2. The van der Waals surface area contributed by atoms with Crippen molar-refractivity contribution in [1.82, 2.24) is 14.7 Å². The van der Waals surface area contributed by atoms with Crippen molar-refractivity contribution in [2.45, 2.75) is 13.3 Å². The van der Waals surface area contributed by atoms with E-state index in [2.05, 4.69) is 12.0 Å². The fourth-order valence-electron chi connectivity index (χ4n) is 3.74. The van der Waals surface area contributed by atoms with Gasteiger partial charge in [0.15, 0.2) is 5.69 Å². The van der Waals surface area contributed by atoms with Gasteiger partial charge in [-0.1, -0.05) is 25.1 Å². The number of hydrogen-bond acceptors (Lipinski definition) is 4. The van der Waals surface area contributed by atoms with Crippen molar-refractivity contribution in [3.05, 3.63) is 66.4 Å². The summed E-state index contributed by atoms with van der Waals surface area (Å²) in [5, 5.41) is 4.68. The molecule has 0 radical (unpaired) electrons. The number of nitrogens with zero attached hydrogens (tertiary/aromatic N) is 3. The van der Waals surface area contributed by atoms with Crippen LogP contribution in [0.4, 0.5) is 0 Å². The predicted octanol–water partition coefficient (Wildman–Crippen LogP) is 3.78. The summed E-state index contributed by atoms with van der Waals surface area (Å²) in [5.41, 5.74) is 9.07. The fraction of sp³-hybridized carbons (Fsp3) is 0.304. The molecule has 1 unspecified atom stereocenters. The maximum absolute atomic E-state index is 13.2. The van der Waals surface area contributed by atoms with E-state index in [1.54, 1.807) is 7.11 Å². The minimum atomic E-state index is -0.0494. The minimum absolute atomic E-state index is 0. The summed E-state index contributed by atoms with van der Waals surface area (Å²) in [5.74, 6) is 0.737. The summed E-state index contributed by atoms with van der Waals surface area (Å²) in [6.45, 7) is 4.08. The maximum Gasteiger partial charge on any atom is 0.274 e. The minimum Gasteiger partial charge on any atom is -0.497 e. The van der Waals surface area contributed by atoms with Gasteiger partial charge in [-0.25, -0.2) is 4.68 Å². The van der Waals surface area contributed by atoms with Crippen LogP contribution in [0.1, 0.15) is 23.8 Å². The van der Waals surface area contributed by atoms with Gasteiger partial charge in [-0.2, -0.15) is 5.10 Å². The van der Waals surface area contributed by atoms with Crippen LogP contribution < -0.4 is 10.5 Å². The molecule has 1 atom stereocenters. The molecule has 0 aliphatic carbocycles. The van der Waals surface area contributed by atoms with Gasteiger partial charge in [0.25, 0.3) is 5.91 Å². The maximum atomic E-state index is 13.2. The van der Waals surface area contributed by atoms with E-state index in [9.17, 15) is 4.79 Å². The predicted molar refractivity (Wildman–Crippen MR) is 120 cm³/mol. The van der Waals surface area contributed by atoms with Crippen molar-refractivity contribution in [2.24, 2.45) is 11.1 Å². The van der Waals surface area contributed by atoms with Crippen LogP contribution in [0, 0.1) is 5.41 Å². The SMILES string of the molecule is COc1ccc(-c2cc(C(=O)N3CCC(C)(CN)C3)nn2-c2ccccc2)cc1.Cl. The molecule has 2 N–H and O–H groups in total. The Morgan fingerprint density at radius 1 is 1.17 bits per heavy atom. The summed E-state index contributed by atoms with van der Waals surface area (Å²) >= 11 is 0. The molecule has 2 aromatic carbocycles. The Kier molecular flexibility index (Phi) is 6.48. The lowest BCUT2D eigenvalue weighted by Gasteiger charge is -2.22. The molecular formula is C23H27ClN4O2.